The summed E-state index contributed by atoms with van der Waals surface area (Å²) in [7, 11) is 1.70. The van der Waals surface area contributed by atoms with Gasteiger partial charge >= 0.3 is 0 Å². The lowest BCUT2D eigenvalue weighted by atomic mass is 9.91. The monoisotopic (exact) mass is 343 g/mol. The minimum atomic E-state index is -0.0358. The summed E-state index contributed by atoms with van der Waals surface area (Å²) in [6.07, 6.45) is 1.06. The molecule has 0 radical (unpaired) electrons. The second-order valence-corrected chi connectivity index (χ2v) is 6.92. The fraction of sp³-hybridized carbons (Fsp3) is 0.733. The van der Waals surface area contributed by atoms with Crippen molar-refractivity contribution in [3.05, 3.63) is 16.0 Å². The number of hydrogen-bond donors (Lipinski definition) is 1. The van der Waals surface area contributed by atoms with Crippen molar-refractivity contribution in [1.82, 2.24) is 9.97 Å². The van der Waals surface area contributed by atoms with Crippen molar-refractivity contribution in [3.63, 3.8) is 0 Å². The van der Waals surface area contributed by atoms with Crippen LogP contribution in [0.1, 0.15) is 58.5 Å². The summed E-state index contributed by atoms with van der Waals surface area (Å²) in [5.41, 5.74) is 0.996. The Balaban J connectivity index is 3.26. The molecule has 1 rings (SSSR count). The van der Waals surface area contributed by atoms with E-state index in [0.717, 1.165) is 34.8 Å². The minimum absolute atomic E-state index is 0.0358. The van der Waals surface area contributed by atoms with Crippen molar-refractivity contribution in [1.29, 1.82) is 0 Å². The van der Waals surface area contributed by atoms with Crippen LogP contribution in [0.15, 0.2) is 4.47 Å². The van der Waals surface area contributed by atoms with Crippen molar-refractivity contribution < 1.29 is 4.74 Å². The first kappa shape index (κ1) is 17.4. The standard InChI is InChI=1S/C15H26BrN3O/c1-7-8-17-14-11(16)12(15(3,4)5)18-13(19-14)10(2)9-20-6/h10H,7-9H2,1-6H3,(H,17,18,19). The van der Waals surface area contributed by atoms with Gasteiger partial charge in [-0.2, -0.15) is 0 Å². The van der Waals surface area contributed by atoms with E-state index in [9.17, 15) is 0 Å². The van der Waals surface area contributed by atoms with Crippen LogP contribution in [0.4, 0.5) is 5.82 Å². The predicted molar refractivity (Wildman–Crippen MR) is 87.5 cm³/mol. The quantitative estimate of drug-likeness (QED) is 0.844. The number of aromatic nitrogens is 2. The van der Waals surface area contributed by atoms with Crippen LogP contribution in [0.25, 0.3) is 0 Å². The third-order valence-corrected chi connectivity index (χ3v) is 3.73. The smallest absolute Gasteiger partial charge is 0.144 e. The molecule has 1 unspecified atom stereocenters. The second-order valence-electron chi connectivity index (χ2n) is 6.13. The van der Waals surface area contributed by atoms with Gasteiger partial charge in [0.2, 0.25) is 0 Å². The number of nitrogens with zero attached hydrogens (tertiary/aromatic N) is 2. The number of halogens is 1. The third kappa shape index (κ3) is 4.42. The summed E-state index contributed by atoms with van der Waals surface area (Å²) < 4.78 is 6.19. The highest BCUT2D eigenvalue weighted by Crippen LogP contribution is 2.33. The van der Waals surface area contributed by atoms with E-state index in [4.69, 9.17) is 9.72 Å². The van der Waals surface area contributed by atoms with Gasteiger partial charge in [-0.1, -0.05) is 34.6 Å². The molecule has 4 nitrogen and oxygen atoms in total. The van der Waals surface area contributed by atoms with Gasteiger partial charge in [-0.25, -0.2) is 9.97 Å². The molecule has 1 atom stereocenters. The van der Waals surface area contributed by atoms with Gasteiger partial charge in [0.1, 0.15) is 11.6 Å². The summed E-state index contributed by atoms with van der Waals surface area (Å²) in [6, 6.07) is 0. The van der Waals surface area contributed by atoms with Crippen molar-refractivity contribution in [2.75, 3.05) is 25.6 Å². The van der Waals surface area contributed by atoms with Crippen molar-refractivity contribution in [2.45, 2.75) is 52.4 Å². The molecule has 0 aliphatic heterocycles. The summed E-state index contributed by atoms with van der Waals surface area (Å²) >= 11 is 3.65. The van der Waals surface area contributed by atoms with Crippen LogP contribution in [-0.4, -0.2) is 30.2 Å². The van der Waals surface area contributed by atoms with Crippen LogP contribution in [0.5, 0.6) is 0 Å². The first-order valence-electron chi connectivity index (χ1n) is 7.12. The van der Waals surface area contributed by atoms with Crippen LogP contribution in [0.3, 0.4) is 0 Å². The van der Waals surface area contributed by atoms with Gasteiger partial charge in [0.15, 0.2) is 0 Å². The van der Waals surface area contributed by atoms with Gasteiger partial charge in [-0.15, -0.1) is 0 Å². The Hall–Kier alpha value is -0.680. The van der Waals surface area contributed by atoms with Gasteiger partial charge in [0.25, 0.3) is 0 Å². The molecule has 0 spiro atoms. The van der Waals surface area contributed by atoms with E-state index < -0.39 is 0 Å². The normalized spacial score (nSPS) is 13.3. The lowest BCUT2D eigenvalue weighted by molar-refractivity contribution is 0.181. The molecule has 0 amide bonds. The molecule has 1 N–H and O–H groups in total. The number of nitrogens with one attached hydrogen (secondary N) is 1. The van der Waals surface area contributed by atoms with Crippen LogP contribution < -0.4 is 5.32 Å². The fourth-order valence-electron chi connectivity index (χ4n) is 1.87. The minimum Gasteiger partial charge on any atom is -0.384 e. The number of rotatable bonds is 6. The zero-order valence-electron chi connectivity index (χ0n) is 13.4. The van der Waals surface area contributed by atoms with Crippen molar-refractivity contribution in [2.24, 2.45) is 0 Å². The zero-order valence-corrected chi connectivity index (χ0v) is 15.0. The highest BCUT2D eigenvalue weighted by molar-refractivity contribution is 9.10. The van der Waals surface area contributed by atoms with E-state index in [2.05, 4.69) is 60.8 Å². The predicted octanol–water partition coefficient (Wildman–Crippen LogP) is 4.11. The molecule has 114 valence electrons. The van der Waals surface area contributed by atoms with E-state index >= 15 is 0 Å². The molecule has 1 heterocycles. The topological polar surface area (TPSA) is 47.0 Å². The Bertz CT molecular complexity index is 443. The summed E-state index contributed by atoms with van der Waals surface area (Å²) in [5, 5.41) is 3.37. The molecule has 0 aliphatic carbocycles. The van der Waals surface area contributed by atoms with Gasteiger partial charge in [-0.3, -0.25) is 0 Å². The SMILES string of the molecule is CCCNc1nc(C(C)COC)nc(C(C)(C)C)c1Br. The number of hydrogen-bond acceptors (Lipinski definition) is 4. The molecular weight excluding hydrogens is 318 g/mol. The summed E-state index contributed by atoms with van der Waals surface area (Å²) in [4.78, 5) is 9.41. The number of ether oxygens (including phenoxy) is 1. The van der Waals surface area contributed by atoms with Crippen LogP contribution in [0.2, 0.25) is 0 Å². The summed E-state index contributed by atoms with van der Waals surface area (Å²) in [5.74, 6) is 1.89. The molecule has 0 saturated heterocycles. The molecule has 0 fully saturated rings. The van der Waals surface area contributed by atoms with E-state index in [1.165, 1.54) is 0 Å². The lowest BCUT2D eigenvalue weighted by Crippen LogP contribution is -2.20. The highest BCUT2D eigenvalue weighted by Gasteiger charge is 2.24. The Morgan fingerprint density at radius 2 is 1.95 bits per heavy atom. The van der Waals surface area contributed by atoms with Gasteiger partial charge in [0.05, 0.1) is 16.8 Å². The largest absolute Gasteiger partial charge is 0.384 e. The fourth-order valence-corrected chi connectivity index (χ4v) is 2.78. The molecule has 1 aromatic heterocycles. The van der Waals surface area contributed by atoms with E-state index in [1.807, 2.05) is 0 Å². The molecule has 0 aliphatic rings. The van der Waals surface area contributed by atoms with Crippen molar-refractivity contribution >= 4 is 21.7 Å². The molecular formula is C15H26BrN3O. The van der Waals surface area contributed by atoms with Crippen LogP contribution in [-0.2, 0) is 10.2 Å². The first-order chi connectivity index (χ1) is 9.31. The van der Waals surface area contributed by atoms with Crippen LogP contribution >= 0.6 is 15.9 Å². The zero-order chi connectivity index (χ0) is 15.3. The first-order valence-corrected chi connectivity index (χ1v) is 7.91. The molecule has 0 bridgehead atoms. The maximum absolute atomic E-state index is 5.22. The summed E-state index contributed by atoms with van der Waals surface area (Å²) in [6.45, 7) is 12.2. The van der Waals surface area contributed by atoms with Gasteiger partial charge in [-0.05, 0) is 22.4 Å². The van der Waals surface area contributed by atoms with Crippen LogP contribution in [0, 0.1) is 0 Å². The lowest BCUT2D eigenvalue weighted by Gasteiger charge is -2.23. The molecule has 1 aromatic rings. The van der Waals surface area contributed by atoms with Gasteiger partial charge in [0, 0.05) is 25.0 Å². The number of anilines is 1. The third-order valence-electron chi connectivity index (χ3n) is 2.98. The maximum Gasteiger partial charge on any atom is 0.144 e. The van der Waals surface area contributed by atoms with E-state index in [1.54, 1.807) is 7.11 Å². The Labute approximate surface area is 130 Å². The Morgan fingerprint density at radius 3 is 2.45 bits per heavy atom. The average molecular weight is 344 g/mol. The molecule has 0 saturated carbocycles. The molecule has 5 heteroatoms. The van der Waals surface area contributed by atoms with E-state index in [-0.39, 0.29) is 11.3 Å². The molecule has 0 aromatic carbocycles. The highest BCUT2D eigenvalue weighted by atomic mass is 79.9. The second kappa shape index (κ2) is 7.36. The van der Waals surface area contributed by atoms with Gasteiger partial charge < -0.3 is 10.1 Å². The Morgan fingerprint density at radius 1 is 1.30 bits per heavy atom. The average Bonchev–Trinajstić information content (AvgIpc) is 2.36. The number of methoxy groups -OCH3 is 1. The van der Waals surface area contributed by atoms with Crippen molar-refractivity contribution in [3.8, 4) is 0 Å². The molecule has 20 heavy (non-hydrogen) atoms. The van der Waals surface area contributed by atoms with E-state index in [0.29, 0.717) is 6.61 Å². The Kier molecular flexibility index (Phi) is 6.40. The maximum atomic E-state index is 5.22.